The van der Waals surface area contributed by atoms with Crippen LogP contribution in [0.3, 0.4) is 0 Å². The van der Waals surface area contributed by atoms with E-state index >= 15 is 0 Å². The fraction of sp³-hybridized carbons (Fsp3) is 0. The molecule has 4 nitrogen and oxygen atoms in total. The molecule has 0 spiro atoms. The lowest BCUT2D eigenvalue weighted by atomic mass is 10.0. The fourth-order valence-electron chi connectivity index (χ4n) is 2.05. The molecule has 0 amide bonds. The van der Waals surface area contributed by atoms with E-state index in [2.05, 4.69) is 9.96 Å². The highest BCUT2D eigenvalue weighted by molar-refractivity contribution is 6.14. The molecular formula is C13H7N3O. The van der Waals surface area contributed by atoms with Gasteiger partial charge in [-0.3, -0.25) is 4.98 Å². The van der Waals surface area contributed by atoms with Crippen LogP contribution in [-0.4, -0.2) is 4.98 Å². The summed E-state index contributed by atoms with van der Waals surface area (Å²) in [4.78, 5) is 7.34. The van der Waals surface area contributed by atoms with Gasteiger partial charge in [0, 0.05) is 11.6 Å². The van der Waals surface area contributed by atoms with Crippen molar-refractivity contribution in [3.05, 3.63) is 47.6 Å². The molecule has 0 unspecified atom stereocenters. The van der Waals surface area contributed by atoms with E-state index in [1.54, 1.807) is 30.5 Å². The summed E-state index contributed by atoms with van der Waals surface area (Å²) in [5.41, 5.74) is 0.724. The third kappa shape index (κ3) is 1.23. The van der Waals surface area contributed by atoms with Gasteiger partial charge < -0.3 is 5.11 Å². The van der Waals surface area contributed by atoms with Crippen LogP contribution in [0.4, 0.5) is 5.69 Å². The summed E-state index contributed by atoms with van der Waals surface area (Å²) in [5.74, 6) is -0.274. The Kier molecular flexibility index (Phi) is 1.92. The van der Waals surface area contributed by atoms with Crippen molar-refractivity contribution in [2.24, 2.45) is 0 Å². The third-order valence-corrected chi connectivity index (χ3v) is 2.80. The van der Waals surface area contributed by atoms with Crippen molar-refractivity contribution in [1.29, 1.82) is 5.39 Å². The van der Waals surface area contributed by atoms with Crippen molar-refractivity contribution in [1.82, 2.24) is 4.98 Å². The molecule has 0 aliphatic carbocycles. The smallest absolute Gasteiger partial charge is 0.387 e. The van der Waals surface area contributed by atoms with Crippen LogP contribution in [0.1, 0.15) is 0 Å². The Hall–Kier alpha value is -2.67. The van der Waals surface area contributed by atoms with Gasteiger partial charge in [0.15, 0.2) is 4.98 Å². The second-order valence-corrected chi connectivity index (χ2v) is 3.72. The maximum absolute atomic E-state index is 12.1. The first-order valence-corrected chi connectivity index (χ1v) is 5.14. The van der Waals surface area contributed by atoms with Crippen molar-refractivity contribution >= 4 is 27.4 Å². The molecular weight excluding hydrogens is 214 g/mol. The van der Waals surface area contributed by atoms with E-state index in [4.69, 9.17) is 5.39 Å². The minimum atomic E-state index is -0.274. The number of pyridine rings is 1. The third-order valence-electron chi connectivity index (χ3n) is 2.80. The van der Waals surface area contributed by atoms with Gasteiger partial charge in [0.2, 0.25) is 5.39 Å². The number of nitrogens with zero attached hydrogens (tertiary/aromatic N) is 3. The summed E-state index contributed by atoms with van der Waals surface area (Å²) in [6.07, 6.45) is 1.65. The van der Waals surface area contributed by atoms with Crippen LogP contribution in [0.25, 0.3) is 26.7 Å². The average Bonchev–Trinajstić information content (AvgIpc) is 2.40. The maximum atomic E-state index is 12.1. The number of diazo groups is 1. The molecule has 80 valence electrons. The number of hydrogen-bond acceptors (Lipinski definition) is 3. The predicted octanol–water partition coefficient (Wildman–Crippen LogP) is 2.95. The first-order valence-electron chi connectivity index (χ1n) is 5.14. The molecule has 0 N–H and O–H groups in total. The maximum Gasteiger partial charge on any atom is 0.387 e. The lowest BCUT2D eigenvalue weighted by Crippen LogP contribution is -1.93. The summed E-state index contributed by atoms with van der Waals surface area (Å²) in [7, 11) is 0. The number of fused-ring (bicyclic) bond motifs is 3. The number of rotatable bonds is 0. The van der Waals surface area contributed by atoms with Crippen LogP contribution >= 0.6 is 0 Å². The molecule has 1 aromatic heterocycles. The summed E-state index contributed by atoms with van der Waals surface area (Å²) >= 11 is 0. The first kappa shape index (κ1) is 9.55. The molecule has 0 saturated heterocycles. The Bertz CT molecular complexity index is 775. The van der Waals surface area contributed by atoms with Crippen LogP contribution in [0, 0.1) is 5.39 Å². The van der Waals surface area contributed by atoms with Gasteiger partial charge in [-0.05, 0) is 23.3 Å². The molecule has 2 aromatic carbocycles. The molecule has 0 aliphatic rings. The fourth-order valence-corrected chi connectivity index (χ4v) is 2.05. The molecule has 0 atom stereocenters. The summed E-state index contributed by atoms with van der Waals surface area (Å²) < 4.78 is 0. The van der Waals surface area contributed by atoms with Crippen molar-refractivity contribution in [2.45, 2.75) is 0 Å². The van der Waals surface area contributed by atoms with Crippen LogP contribution in [0.15, 0.2) is 42.6 Å². The number of aromatic nitrogens is 1. The highest BCUT2D eigenvalue weighted by atomic mass is 16.3. The lowest BCUT2D eigenvalue weighted by Gasteiger charge is -2.09. The Labute approximate surface area is 96.8 Å². The van der Waals surface area contributed by atoms with Crippen LogP contribution < -0.4 is 5.11 Å². The van der Waals surface area contributed by atoms with E-state index in [0.29, 0.717) is 16.3 Å². The summed E-state index contributed by atoms with van der Waals surface area (Å²) in [5, 5.41) is 22.9. The molecule has 0 fully saturated rings. The van der Waals surface area contributed by atoms with Crippen LogP contribution in [0.2, 0.25) is 0 Å². The van der Waals surface area contributed by atoms with Gasteiger partial charge in [-0.1, -0.05) is 24.3 Å². The highest BCUT2D eigenvalue weighted by Gasteiger charge is 2.17. The largest absolute Gasteiger partial charge is 0.867 e. The van der Waals surface area contributed by atoms with Gasteiger partial charge in [-0.15, -0.1) is 0 Å². The van der Waals surface area contributed by atoms with Gasteiger partial charge in [0.25, 0.3) is 0 Å². The standard InChI is InChI=1S/C13H7N3O/c14-16-12-10-6-3-7-15-11(10)8-4-1-2-5-9(8)13(12)17/h1-7H. The van der Waals surface area contributed by atoms with E-state index in [9.17, 15) is 5.11 Å². The van der Waals surface area contributed by atoms with E-state index < -0.39 is 0 Å². The Morgan fingerprint density at radius 1 is 1.00 bits per heavy atom. The monoisotopic (exact) mass is 221 g/mol. The Morgan fingerprint density at radius 3 is 2.47 bits per heavy atom. The molecule has 4 heteroatoms. The molecule has 3 rings (SSSR count). The average molecular weight is 221 g/mol. The molecule has 17 heavy (non-hydrogen) atoms. The normalized spacial score (nSPS) is 10.5. The second-order valence-electron chi connectivity index (χ2n) is 3.72. The minimum absolute atomic E-state index is 0.0480. The molecule has 0 aliphatic heterocycles. The molecule has 3 aromatic rings. The van der Waals surface area contributed by atoms with E-state index in [0.717, 1.165) is 5.39 Å². The quantitative estimate of drug-likeness (QED) is 0.433. The Morgan fingerprint density at radius 2 is 1.71 bits per heavy atom. The van der Waals surface area contributed by atoms with Gasteiger partial charge >= 0.3 is 5.69 Å². The van der Waals surface area contributed by atoms with Crippen LogP contribution in [0.5, 0.6) is 5.75 Å². The Balaban J connectivity index is 2.70. The predicted molar refractivity (Wildman–Crippen MR) is 63.4 cm³/mol. The van der Waals surface area contributed by atoms with Crippen LogP contribution in [-0.2, 0) is 0 Å². The molecule has 0 bridgehead atoms. The van der Waals surface area contributed by atoms with Crippen molar-refractivity contribution in [3.63, 3.8) is 0 Å². The zero-order chi connectivity index (χ0) is 11.8. The highest BCUT2D eigenvalue weighted by Crippen LogP contribution is 2.39. The van der Waals surface area contributed by atoms with Crippen molar-refractivity contribution in [2.75, 3.05) is 0 Å². The second kappa shape index (κ2) is 3.42. The van der Waals surface area contributed by atoms with Crippen molar-refractivity contribution < 1.29 is 5.11 Å². The topological polar surface area (TPSA) is 64.1 Å². The van der Waals surface area contributed by atoms with E-state index in [1.165, 1.54) is 0 Å². The minimum Gasteiger partial charge on any atom is -0.867 e. The molecule has 0 radical (unpaired) electrons. The van der Waals surface area contributed by atoms with E-state index in [1.807, 2.05) is 12.1 Å². The first-order chi connectivity index (χ1) is 8.33. The van der Waals surface area contributed by atoms with Gasteiger partial charge in [-0.2, -0.15) is 0 Å². The zero-order valence-corrected chi connectivity index (χ0v) is 8.79. The zero-order valence-electron chi connectivity index (χ0n) is 8.79. The summed E-state index contributed by atoms with van der Waals surface area (Å²) in [6, 6.07) is 10.6. The van der Waals surface area contributed by atoms with Crippen molar-refractivity contribution in [3.8, 4) is 5.75 Å². The van der Waals surface area contributed by atoms with Gasteiger partial charge in [0.05, 0.1) is 10.9 Å². The van der Waals surface area contributed by atoms with Gasteiger partial charge in [0.1, 0.15) is 0 Å². The SMILES string of the molecule is N#[N+]c1c([O-])c2ccccc2c2ncccc12. The molecule has 0 saturated carbocycles. The number of benzene rings is 2. The van der Waals surface area contributed by atoms with Gasteiger partial charge in [-0.25, -0.2) is 0 Å². The number of hydrogen-bond donors (Lipinski definition) is 0. The summed E-state index contributed by atoms with van der Waals surface area (Å²) in [6.45, 7) is 0. The lowest BCUT2D eigenvalue weighted by molar-refractivity contribution is -0.264. The molecule has 1 heterocycles. The van der Waals surface area contributed by atoms with E-state index in [-0.39, 0.29) is 11.4 Å².